The Balaban J connectivity index is 0.000000280. The smallest absolute Gasteiger partial charge is 0.181 e. The fourth-order valence-electron chi connectivity index (χ4n) is 4.05. The molecule has 0 unspecified atom stereocenters. The predicted molar refractivity (Wildman–Crippen MR) is 151 cm³/mol. The van der Waals surface area contributed by atoms with Crippen molar-refractivity contribution in [2.45, 2.75) is 13.8 Å². The minimum atomic E-state index is -1.26. The molecule has 0 saturated carbocycles. The van der Waals surface area contributed by atoms with Gasteiger partial charge < -0.3 is 0 Å². The quantitative estimate of drug-likeness (QED) is 0.128. The molecule has 0 spiro atoms. The van der Waals surface area contributed by atoms with Crippen molar-refractivity contribution in [3.05, 3.63) is 144 Å². The van der Waals surface area contributed by atoms with Gasteiger partial charge in [-0.05, 0) is 13.8 Å². The Bertz CT molecular complexity index is 1280. The van der Waals surface area contributed by atoms with Crippen molar-refractivity contribution in [2.75, 3.05) is 0 Å². The van der Waals surface area contributed by atoms with E-state index in [0.29, 0.717) is 22.3 Å². The van der Waals surface area contributed by atoms with Crippen molar-refractivity contribution >= 4 is 34.7 Å². The van der Waals surface area contributed by atoms with Gasteiger partial charge >= 0.3 is 0 Å². The van der Waals surface area contributed by atoms with Gasteiger partial charge in [-0.15, -0.1) is 0 Å². The number of carbonyl (C=O) groups excluding carboxylic acids is 6. The van der Waals surface area contributed by atoms with Gasteiger partial charge in [0.25, 0.3) is 0 Å². The van der Waals surface area contributed by atoms with Crippen LogP contribution < -0.4 is 0 Å². The van der Waals surface area contributed by atoms with Gasteiger partial charge in [-0.25, -0.2) is 0 Å². The molecule has 0 aliphatic rings. The third-order valence-electron chi connectivity index (χ3n) is 6.10. The van der Waals surface area contributed by atoms with Crippen LogP contribution >= 0.6 is 0 Å². The van der Waals surface area contributed by atoms with Gasteiger partial charge in [0.05, 0.1) is 0 Å². The third-order valence-corrected chi connectivity index (χ3v) is 6.10. The van der Waals surface area contributed by atoms with Crippen LogP contribution in [-0.4, -0.2) is 34.7 Å². The zero-order valence-corrected chi connectivity index (χ0v) is 25.8. The van der Waals surface area contributed by atoms with E-state index in [0.717, 1.165) is 0 Å². The second kappa shape index (κ2) is 15.9. The fraction of sp³-hybridized carbons (Fsp3) is 0.118. The number of rotatable bonds is 10. The van der Waals surface area contributed by atoms with E-state index in [4.69, 9.17) is 0 Å². The summed E-state index contributed by atoms with van der Waals surface area (Å²) in [5, 5.41) is 0. The molecule has 7 heteroatoms. The first-order chi connectivity index (χ1) is 19.2. The molecule has 0 N–H and O–H groups in total. The summed E-state index contributed by atoms with van der Waals surface area (Å²) in [4.78, 5) is 72.9. The Hall–Kier alpha value is -4.48. The maximum absolute atomic E-state index is 12.4. The van der Waals surface area contributed by atoms with Crippen molar-refractivity contribution in [3.8, 4) is 0 Å². The first-order valence-electron chi connectivity index (χ1n) is 12.6. The second-order valence-electron chi connectivity index (χ2n) is 9.01. The molecule has 41 heavy (non-hydrogen) atoms. The van der Waals surface area contributed by atoms with Gasteiger partial charge in [-0.3, -0.25) is 28.8 Å². The van der Waals surface area contributed by atoms with Crippen LogP contribution in [0.3, 0.4) is 0 Å². The summed E-state index contributed by atoms with van der Waals surface area (Å²) in [6.07, 6.45) is 0. The topological polar surface area (TPSA) is 102 Å². The monoisotopic (exact) mass is 596 g/mol. The van der Waals surface area contributed by atoms with E-state index in [2.05, 4.69) is 0 Å². The van der Waals surface area contributed by atoms with E-state index in [1.807, 2.05) is 0 Å². The Morgan fingerprint density at radius 2 is 0.537 bits per heavy atom. The largest absolute Gasteiger partial charge is 0.299 e. The molecule has 0 aromatic heterocycles. The number of hydrogen-bond acceptors (Lipinski definition) is 6. The van der Waals surface area contributed by atoms with E-state index in [1.165, 1.54) is 13.8 Å². The van der Waals surface area contributed by atoms with Crippen LogP contribution in [0, 0.1) is 11.8 Å². The maximum Gasteiger partial charge on any atom is 0.181 e. The molecule has 0 heterocycles. The van der Waals surface area contributed by atoms with E-state index in [-0.39, 0.29) is 19.5 Å². The van der Waals surface area contributed by atoms with Crippen molar-refractivity contribution in [1.29, 1.82) is 0 Å². The molecule has 4 aromatic carbocycles. The van der Waals surface area contributed by atoms with Crippen LogP contribution in [0.4, 0.5) is 0 Å². The van der Waals surface area contributed by atoms with Gasteiger partial charge in [0.2, 0.25) is 0 Å². The zero-order valence-electron chi connectivity index (χ0n) is 22.9. The van der Waals surface area contributed by atoms with Crippen LogP contribution in [-0.2, 0) is 29.1 Å². The SMILES string of the molecule is CC(=O)C(C(=O)c1ccccc1)C(=O)c1ccccc1.CC(=O)C(C(=O)c1ccccc1)C(=O)c1ccccc1.[Zn]. The summed E-state index contributed by atoms with van der Waals surface area (Å²) in [5.74, 6) is -5.21. The molecule has 0 aliphatic heterocycles. The fourth-order valence-corrected chi connectivity index (χ4v) is 4.05. The van der Waals surface area contributed by atoms with Crippen molar-refractivity contribution in [3.63, 3.8) is 0 Å². The number of benzene rings is 4. The summed E-state index contributed by atoms with van der Waals surface area (Å²) < 4.78 is 0. The molecule has 0 amide bonds. The standard InChI is InChI=1S/2C17H14O3.Zn/c2*1-12(18)15(16(19)13-8-4-2-5-9-13)17(20)14-10-6-3-7-11-14;/h2*2-11,15H,1H3;. The van der Waals surface area contributed by atoms with E-state index in [9.17, 15) is 28.8 Å². The molecule has 0 saturated heterocycles. The first kappa shape index (κ1) is 32.7. The molecular formula is C34H28O6Zn. The minimum absolute atomic E-state index is 0. The second-order valence-corrected chi connectivity index (χ2v) is 9.01. The van der Waals surface area contributed by atoms with Crippen LogP contribution in [0.25, 0.3) is 0 Å². The summed E-state index contributed by atoms with van der Waals surface area (Å²) in [7, 11) is 0. The van der Waals surface area contributed by atoms with Crippen molar-refractivity contribution < 1.29 is 48.2 Å². The van der Waals surface area contributed by atoms with Gasteiger partial charge in [0.1, 0.15) is 23.4 Å². The Morgan fingerprint density at radius 1 is 0.366 bits per heavy atom. The van der Waals surface area contributed by atoms with Crippen molar-refractivity contribution in [1.82, 2.24) is 0 Å². The predicted octanol–water partition coefficient (Wildman–Crippen LogP) is 5.91. The molecule has 0 aliphatic carbocycles. The molecule has 4 rings (SSSR count). The van der Waals surface area contributed by atoms with Gasteiger partial charge in [-0.1, -0.05) is 121 Å². The summed E-state index contributed by atoms with van der Waals surface area (Å²) >= 11 is 0. The summed E-state index contributed by atoms with van der Waals surface area (Å²) in [5.41, 5.74) is 1.49. The van der Waals surface area contributed by atoms with E-state index >= 15 is 0 Å². The molecule has 0 fully saturated rings. The molecule has 6 nitrogen and oxygen atoms in total. The molecule has 0 atom stereocenters. The Labute approximate surface area is 251 Å². The van der Waals surface area contributed by atoms with Gasteiger partial charge in [0.15, 0.2) is 23.1 Å². The third kappa shape index (κ3) is 8.76. The average molecular weight is 598 g/mol. The average Bonchev–Trinajstić information content (AvgIpc) is 2.99. The summed E-state index contributed by atoms with van der Waals surface area (Å²) in [6.45, 7) is 2.54. The Kier molecular flexibility index (Phi) is 12.7. The first-order valence-corrected chi connectivity index (χ1v) is 12.6. The van der Waals surface area contributed by atoms with Gasteiger partial charge in [-0.2, -0.15) is 0 Å². The van der Waals surface area contributed by atoms with Crippen molar-refractivity contribution in [2.24, 2.45) is 11.8 Å². The number of carbonyl (C=O) groups is 6. The zero-order chi connectivity index (χ0) is 29.1. The molecular weight excluding hydrogens is 570 g/mol. The normalized spacial score (nSPS) is 10.0. The van der Waals surface area contributed by atoms with Crippen LogP contribution in [0.2, 0.25) is 0 Å². The maximum atomic E-state index is 12.4. The number of ketones is 6. The molecule has 4 aromatic rings. The van der Waals surface area contributed by atoms with Crippen LogP contribution in [0.15, 0.2) is 121 Å². The molecule has 0 radical (unpaired) electrons. The molecule has 0 bridgehead atoms. The number of Topliss-reactive ketones (excluding diaryl/α,β-unsaturated/α-hetero) is 6. The van der Waals surface area contributed by atoms with Gasteiger partial charge in [0, 0.05) is 41.7 Å². The van der Waals surface area contributed by atoms with Crippen LogP contribution in [0.5, 0.6) is 0 Å². The van der Waals surface area contributed by atoms with E-state index < -0.39 is 46.5 Å². The number of hydrogen-bond donors (Lipinski definition) is 0. The Morgan fingerprint density at radius 3 is 0.683 bits per heavy atom. The molecule has 202 valence electrons. The van der Waals surface area contributed by atoms with E-state index in [1.54, 1.807) is 121 Å². The minimum Gasteiger partial charge on any atom is -0.299 e. The summed E-state index contributed by atoms with van der Waals surface area (Å²) in [6, 6.07) is 33.6. The van der Waals surface area contributed by atoms with Crippen LogP contribution in [0.1, 0.15) is 55.3 Å².